The SMILES string of the molecule is O=C(CN1CCNCC1)OC1(c2ccccc2)C=Nc2ccccc21. The molecule has 0 spiro atoms. The zero-order valence-electron chi connectivity index (χ0n) is 14.0. The van der Waals surface area contributed by atoms with E-state index in [1.807, 2.05) is 54.6 Å². The van der Waals surface area contributed by atoms with Crippen LogP contribution in [-0.4, -0.2) is 49.8 Å². The third-order valence-corrected chi connectivity index (χ3v) is 4.73. The number of esters is 1. The van der Waals surface area contributed by atoms with Gasteiger partial charge in [-0.05, 0) is 6.07 Å². The van der Waals surface area contributed by atoms with Gasteiger partial charge >= 0.3 is 5.97 Å². The van der Waals surface area contributed by atoms with E-state index in [1.165, 1.54) is 0 Å². The van der Waals surface area contributed by atoms with Crippen molar-refractivity contribution in [2.24, 2.45) is 4.99 Å². The molecular formula is C20H21N3O2. The predicted octanol–water partition coefficient (Wildman–Crippen LogP) is 2.09. The highest BCUT2D eigenvalue weighted by atomic mass is 16.6. The summed E-state index contributed by atoms with van der Waals surface area (Å²) in [7, 11) is 0. The van der Waals surface area contributed by atoms with Gasteiger partial charge in [-0.3, -0.25) is 14.7 Å². The molecule has 1 unspecified atom stereocenters. The summed E-state index contributed by atoms with van der Waals surface area (Å²) in [5.74, 6) is -0.228. The monoisotopic (exact) mass is 335 g/mol. The van der Waals surface area contributed by atoms with E-state index in [-0.39, 0.29) is 5.97 Å². The Hall–Kier alpha value is -2.50. The van der Waals surface area contributed by atoms with Gasteiger partial charge in [-0.2, -0.15) is 0 Å². The van der Waals surface area contributed by atoms with Crippen molar-refractivity contribution in [3.8, 4) is 0 Å². The molecule has 2 aromatic rings. The van der Waals surface area contributed by atoms with Crippen molar-refractivity contribution < 1.29 is 9.53 Å². The Bertz CT molecular complexity index is 785. The highest BCUT2D eigenvalue weighted by Gasteiger charge is 2.42. The number of fused-ring (bicyclic) bond motifs is 1. The highest BCUT2D eigenvalue weighted by Crippen LogP contribution is 2.42. The first-order chi connectivity index (χ1) is 12.3. The first kappa shape index (κ1) is 16.0. The van der Waals surface area contributed by atoms with Crippen LogP contribution < -0.4 is 5.32 Å². The molecule has 5 nitrogen and oxygen atoms in total. The third-order valence-electron chi connectivity index (χ3n) is 4.73. The van der Waals surface area contributed by atoms with Crippen molar-refractivity contribution in [1.29, 1.82) is 0 Å². The van der Waals surface area contributed by atoms with Crippen molar-refractivity contribution in [3.63, 3.8) is 0 Å². The molecule has 0 aliphatic carbocycles. The average Bonchev–Trinajstić information content (AvgIpc) is 3.03. The van der Waals surface area contributed by atoms with Gasteiger partial charge in [0.1, 0.15) is 0 Å². The Morgan fingerprint density at radius 3 is 2.60 bits per heavy atom. The summed E-state index contributed by atoms with van der Waals surface area (Å²) in [6.45, 7) is 3.82. The minimum Gasteiger partial charge on any atom is -0.442 e. The first-order valence-corrected chi connectivity index (χ1v) is 8.63. The molecule has 0 radical (unpaired) electrons. The van der Waals surface area contributed by atoms with Gasteiger partial charge in [0.25, 0.3) is 0 Å². The van der Waals surface area contributed by atoms with Crippen LogP contribution in [-0.2, 0) is 15.1 Å². The van der Waals surface area contributed by atoms with Crippen LogP contribution in [0.25, 0.3) is 0 Å². The molecule has 2 heterocycles. The Morgan fingerprint density at radius 1 is 1.08 bits per heavy atom. The molecule has 1 atom stereocenters. The van der Waals surface area contributed by atoms with Gasteiger partial charge in [-0.1, -0.05) is 48.5 Å². The molecule has 5 heteroatoms. The fourth-order valence-corrected chi connectivity index (χ4v) is 3.45. The van der Waals surface area contributed by atoms with Gasteiger partial charge in [-0.25, -0.2) is 0 Å². The quantitative estimate of drug-likeness (QED) is 0.870. The molecule has 0 aromatic heterocycles. The standard InChI is InChI=1S/C20H21N3O2/c24-19(14-23-12-10-21-11-13-23)25-20(16-6-2-1-3-7-16)15-22-18-9-5-4-8-17(18)20/h1-9,15,21H,10-14H2. The van der Waals surface area contributed by atoms with Crippen LogP contribution in [0.5, 0.6) is 0 Å². The van der Waals surface area contributed by atoms with Crippen molar-refractivity contribution in [2.75, 3.05) is 32.7 Å². The summed E-state index contributed by atoms with van der Waals surface area (Å²) < 4.78 is 6.06. The van der Waals surface area contributed by atoms with Gasteiger partial charge in [0.2, 0.25) is 0 Å². The number of ether oxygens (including phenoxy) is 1. The third kappa shape index (κ3) is 3.08. The number of hydrogen-bond acceptors (Lipinski definition) is 5. The average molecular weight is 335 g/mol. The minimum absolute atomic E-state index is 0.228. The highest BCUT2D eigenvalue weighted by molar-refractivity contribution is 5.90. The van der Waals surface area contributed by atoms with Crippen LogP contribution in [0.1, 0.15) is 11.1 Å². The van der Waals surface area contributed by atoms with Crippen molar-refractivity contribution in [2.45, 2.75) is 5.60 Å². The number of rotatable bonds is 4. The Morgan fingerprint density at radius 2 is 1.80 bits per heavy atom. The summed E-state index contributed by atoms with van der Waals surface area (Å²) in [5.41, 5.74) is 1.73. The van der Waals surface area contributed by atoms with Crippen LogP contribution in [0.3, 0.4) is 0 Å². The number of nitrogens with one attached hydrogen (secondary N) is 1. The van der Waals surface area contributed by atoms with Gasteiger partial charge in [-0.15, -0.1) is 0 Å². The summed E-state index contributed by atoms with van der Waals surface area (Å²) >= 11 is 0. The van der Waals surface area contributed by atoms with Gasteiger partial charge in [0, 0.05) is 37.3 Å². The summed E-state index contributed by atoms with van der Waals surface area (Å²) in [5, 5.41) is 3.29. The maximum absolute atomic E-state index is 12.7. The van der Waals surface area contributed by atoms with E-state index >= 15 is 0 Å². The molecular weight excluding hydrogens is 314 g/mol. The molecule has 0 bridgehead atoms. The Balaban J connectivity index is 1.64. The van der Waals surface area contributed by atoms with E-state index in [2.05, 4.69) is 15.2 Å². The second kappa shape index (κ2) is 6.78. The fraction of sp³-hybridized carbons (Fsp3) is 0.300. The number of para-hydroxylation sites is 1. The number of aliphatic imine (C=N–C) groups is 1. The molecule has 25 heavy (non-hydrogen) atoms. The van der Waals surface area contributed by atoms with Crippen molar-refractivity contribution in [3.05, 3.63) is 65.7 Å². The van der Waals surface area contributed by atoms with Crippen LogP contribution in [0.15, 0.2) is 59.6 Å². The lowest BCUT2D eigenvalue weighted by molar-refractivity contribution is -0.152. The topological polar surface area (TPSA) is 53.9 Å². The Labute approximate surface area is 147 Å². The Kier molecular flexibility index (Phi) is 4.34. The molecule has 2 aliphatic heterocycles. The number of piperazine rings is 1. The summed E-state index contributed by atoms with van der Waals surface area (Å²) in [6, 6.07) is 17.6. The smallest absolute Gasteiger partial charge is 0.321 e. The van der Waals surface area contributed by atoms with Gasteiger partial charge < -0.3 is 10.1 Å². The van der Waals surface area contributed by atoms with E-state index in [4.69, 9.17) is 4.74 Å². The molecule has 1 N–H and O–H groups in total. The zero-order chi connectivity index (χ0) is 17.1. The van der Waals surface area contributed by atoms with Crippen molar-refractivity contribution >= 4 is 17.9 Å². The molecule has 128 valence electrons. The number of hydrogen-bond donors (Lipinski definition) is 1. The molecule has 0 saturated carbocycles. The van der Waals surface area contributed by atoms with E-state index in [0.717, 1.165) is 43.0 Å². The predicted molar refractivity (Wildman–Crippen MR) is 97.2 cm³/mol. The maximum Gasteiger partial charge on any atom is 0.321 e. The van der Waals surface area contributed by atoms with E-state index in [0.29, 0.717) is 6.54 Å². The number of carbonyl (C=O) groups is 1. The van der Waals surface area contributed by atoms with Crippen molar-refractivity contribution in [1.82, 2.24) is 10.2 Å². The summed E-state index contributed by atoms with van der Waals surface area (Å²) in [4.78, 5) is 19.3. The normalized spacial score (nSPS) is 22.6. The molecule has 1 saturated heterocycles. The molecule has 4 rings (SSSR count). The number of carbonyl (C=O) groups excluding carboxylic acids is 1. The molecule has 0 amide bonds. The summed E-state index contributed by atoms with van der Waals surface area (Å²) in [6.07, 6.45) is 1.75. The minimum atomic E-state index is -0.941. The molecule has 2 aliphatic rings. The van der Waals surface area contributed by atoms with E-state index in [1.54, 1.807) is 6.21 Å². The van der Waals surface area contributed by atoms with Gasteiger partial charge in [0.05, 0.1) is 18.4 Å². The maximum atomic E-state index is 12.7. The van der Waals surface area contributed by atoms with Crippen LogP contribution in [0, 0.1) is 0 Å². The van der Waals surface area contributed by atoms with E-state index < -0.39 is 5.60 Å². The largest absolute Gasteiger partial charge is 0.442 e. The number of nitrogens with zero attached hydrogens (tertiary/aromatic N) is 2. The molecule has 1 fully saturated rings. The second-order valence-electron chi connectivity index (χ2n) is 6.38. The lowest BCUT2D eigenvalue weighted by Crippen LogP contribution is -2.47. The van der Waals surface area contributed by atoms with E-state index in [9.17, 15) is 4.79 Å². The molecule has 2 aromatic carbocycles. The lowest BCUT2D eigenvalue weighted by atomic mass is 9.88. The fourth-order valence-electron chi connectivity index (χ4n) is 3.45. The zero-order valence-corrected chi connectivity index (χ0v) is 14.0. The van der Waals surface area contributed by atoms with Crippen LogP contribution in [0.2, 0.25) is 0 Å². The second-order valence-corrected chi connectivity index (χ2v) is 6.38. The van der Waals surface area contributed by atoms with Crippen LogP contribution >= 0.6 is 0 Å². The lowest BCUT2D eigenvalue weighted by Gasteiger charge is -2.31. The first-order valence-electron chi connectivity index (χ1n) is 8.63. The van der Waals surface area contributed by atoms with Crippen LogP contribution in [0.4, 0.5) is 5.69 Å². The number of benzene rings is 2. The van der Waals surface area contributed by atoms with Gasteiger partial charge in [0.15, 0.2) is 5.60 Å².